The van der Waals surface area contributed by atoms with Crippen molar-refractivity contribution in [2.75, 3.05) is 17.2 Å². The fourth-order valence-corrected chi connectivity index (χ4v) is 2.82. The van der Waals surface area contributed by atoms with Gasteiger partial charge in [-0.1, -0.05) is 23.7 Å². The molecule has 158 valence electrons. The van der Waals surface area contributed by atoms with E-state index in [1.165, 1.54) is 24.3 Å². The van der Waals surface area contributed by atoms with Crippen LogP contribution in [0.3, 0.4) is 0 Å². The zero-order valence-corrected chi connectivity index (χ0v) is 17.3. The van der Waals surface area contributed by atoms with E-state index >= 15 is 0 Å². The average molecular weight is 439 g/mol. The molecule has 0 aliphatic rings. The molecule has 0 heterocycles. The molecule has 0 aliphatic heterocycles. The number of nitrogens with one attached hydrogen (secondary N) is 2. The molecular formula is C23H19ClN2O5. The minimum Gasteiger partial charge on any atom is -0.434 e. The third-order valence-electron chi connectivity index (χ3n) is 4.04. The standard InChI is InChI=1S/C23H19ClN2O5/c1-2-30-23(29)31-20-11-9-15(10-12-20)21(27)25-18-7-4-8-19(14-18)26-22(28)16-5-3-6-17(24)13-16/h3-14H,2H2,1H3,(H,25,27)(H,26,28). The van der Waals surface area contributed by atoms with Crippen LogP contribution in [0, 0.1) is 0 Å². The molecule has 3 rings (SSSR count). The maximum atomic E-state index is 12.5. The van der Waals surface area contributed by atoms with Crippen molar-refractivity contribution in [1.82, 2.24) is 0 Å². The van der Waals surface area contributed by atoms with Gasteiger partial charge in [-0.15, -0.1) is 0 Å². The molecule has 2 N–H and O–H groups in total. The van der Waals surface area contributed by atoms with Crippen molar-refractivity contribution in [2.45, 2.75) is 6.92 Å². The highest BCUT2D eigenvalue weighted by atomic mass is 35.5. The topological polar surface area (TPSA) is 93.7 Å². The summed E-state index contributed by atoms with van der Waals surface area (Å²) in [5.41, 5.74) is 1.80. The molecule has 0 unspecified atom stereocenters. The molecule has 0 bridgehead atoms. The minimum atomic E-state index is -0.809. The number of benzene rings is 3. The molecule has 3 aromatic rings. The first-order chi connectivity index (χ1) is 14.9. The third kappa shape index (κ3) is 6.32. The Bertz CT molecular complexity index is 1100. The molecule has 0 saturated carbocycles. The van der Waals surface area contributed by atoms with Gasteiger partial charge in [0.2, 0.25) is 0 Å². The van der Waals surface area contributed by atoms with Crippen LogP contribution in [0.4, 0.5) is 16.2 Å². The highest BCUT2D eigenvalue weighted by Crippen LogP contribution is 2.19. The maximum Gasteiger partial charge on any atom is 0.513 e. The Hall–Kier alpha value is -3.84. The lowest BCUT2D eigenvalue weighted by Gasteiger charge is -2.10. The number of hydrogen-bond acceptors (Lipinski definition) is 5. The van der Waals surface area contributed by atoms with E-state index in [2.05, 4.69) is 10.6 Å². The highest BCUT2D eigenvalue weighted by Gasteiger charge is 2.10. The third-order valence-corrected chi connectivity index (χ3v) is 4.28. The number of carbonyl (C=O) groups is 3. The smallest absolute Gasteiger partial charge is 0.434 e. The second-order valence-electron chi connectivity index (χ2n) is 6.31. The van der Waals surface area contributed by atoms with Crippen LogP contribution < -0.4 is 15.4 Å². The molecule has 8 heteroatoms. The Labute approximate surface area is 183 Å². The number of amides is 2. The van der Waals surface area contributed by atoms with E-state index in [0.717, 1.165) is 0 Å². The summed E-state index contributed by atoms with van der Waals surface area (Å²) in [6.07, 6.45) is -0.809. The van der Waals surface area contributed by atoms with Gasteiger partial charge in [-0.3, -0.25) is 9.59 Å². The number of hydrogen-bond donors (Lipinski definition) is 2. The molecule has 3 aromatic carbocycles. The second-order valence-corrected chi connectivity index (χ2v) is 6.75. The summed E-state index contributed by atoms with van der Waals surface area (Å²) in [5.74, 6) is -0.412. The van der Waals surface area contributed by atoms with Gasteiger partial charge in [-0.25, -0.2) is 4.79 Å². The zero-order chi connectivity index (χ0) is 22.2. The normalized spacial score (nSPS) is 10.1. The van der Waals surface area contributed by atoms with E-state index in [4.69, 9.17) is 21.1 Å². The molecule has 0 aromatic heterocycles. The average Bonchev–Trinajstić information content (AvgIpc) is 2.74. The number of anilines is 2. The minimum absolute atomic E-state index is 0.206. The molecule has 0 fully saturated rings. The van der Waals surface area contributed by atoms with Gasteiger partial charge in [0.1, 0.15) is 5.75 Å². The predicted molar refractivity (Wildman–Crippen MR) is 118 cm³/mol. The first kappa shape index (κ1) is 21.9. The van der Waals surface area contributed by atoms with Crippen molar-refractivity contribution in [3.05, 3.63) is 88.9 Å². The fourth-order valence-electron chi connectivity index (χ4n) is 2.63. The summed E-state index contributed by atoms with van der Waals surface area (Å²) in [6.45, 7) is 1.88. The van der Waals surface area contributed by atoms with Crippen LogP contribution in [0.25, 0.3) is 0 Å². The first-order valence-corrected chi connectivity index (χ1v) is 9.75. The summed E-state index contributed by atoms with van der Waals surface area (Å²) in [4.78, 5) is 36.2. The van der Waals surface area contributed by atoms with E-state index in [0.29, 0.717) is 27.5 Å². The predicted octanol–water partition coefficient (Wildman–Crippen LogP) is 5.38. The van der Waals surface area contributed by atoms with Crippen molar-refractivity contribution < 1.29 is 23.9 Å². The van der Waals surface area contributed by atoms with Crippen molar-refractivity contribution in [3.63, 3.8) is 0 Å². The SMILES string of the molecule is CCOC(=O)Oc1ccc(C(=O)Nc2cccc(NC(=O)c3cccc(Cl)c3)c2)cc1. The summed E-state index contributed by atoms with van der Waals surface area (Å²) >= 11 is 5.92. The molecule has 31 heavy (non-hydrogen) atoms. The van der Waals surface area contributed by atoms with Crippen molar-refractivity contribution in [3.8, 4) is 5.75 Å². The number of halogens is 1. The maximum absolute atomic E-state index is 12.5. The van der Waals surface area contributed by atoms with E-state index in [-0.39, 0.29) is 24.2 Å². The van der Waals surface area contributed by atoms with E-state index in [1.54, 1.807) is 55.5 Å². The van der Waals surface area contributed by atoms with Gasteiger partial charge in [0, 0.05) is 27.5 Å². The van der Waals surface area contributed by atoms with Gasteiger partial charge in [-0.05, 0) is 67.6 Å². The highest BCUT2D eigenvalue weighted by molar-refractivity contribution is 6.31. The van der Waals surface area contributed by atoms with Crippen LogP contribution in [0.2, 0.25) is 5.02 Å². The number of ether oxygens (including phenoxy) is 2. The Morgan fingerprint density at radius 1 is 0.806 bits per heavy atom. The quantitative estimate of drug-likeness (QED) is 0.398. The second kappa shape index (κ2) is 10.3. The molecule has 0 atom stereocenters. The molecule has 0 saturated heterocycles. The van der Waals surface area contributed by atoms with Gasteiger partial charge < -0.3 is 20.1 Å². The Kier molecular flexibility index (Phi) is 7.24. The van der Waals surface area contributed by atoms with Gasteiger partial charge in [0.25, 0.3) is 11.8 Å². The van der Waals surface area contributed by atoms with Gasteiger partial charge in [0.15, 0.2) is 0 Å². The molecular weight excluding hydrogens is 420 g/mol. The van der Waals surface area contributed by atoms with E-state index in [1.807, 2.05) is 0 Å². The van der Waals surface area contributed by atoms with Crippen LogP contribution in [-0.4, -0.2) is 24.6 Å². The molecule has 2 amide bonds. The van der Waals surface area contributed by atoms with Gasteiger partial charge in [0.05, 0.1) is 6.61 Å². The lowest BCUT2D eigenvalue weighted by molar-refractivity contribution is 0.101. The van der Waals surface area contributed by atoms with Crippen LogP contribution in [0.1, 0.15) is 27.6 Å². The molecule has 0 spiro atoms. The number of carbonyl (C=O) groups excluding carboxylic acids is 3. The molecule has 0 aliphatic carbocycles. The van der Waals surface area contributed by atoms with Gasteiger partial charge >= 0.3 is 6.16 Å². The van der Waals surface area contributed by atoms with Crippen LogP contribution >= 0.6 is 11.6 Å². The first-order valence-electron chi connectivity index (χ1n) is 9.37. The Morgan fingerprint density at radius 2 is 1.42 bits per heavy atom. The van der Waals surface area contributed by atoms with Crippen molar-refractivity contribution >= 4 is 40.9 Å². The Balaban J connectivity index is 1.63. The summed E-state index contributed by atoms with van der Waals surface area (Å²) in [5, 5.41) is 5.99. The van der Waals surface area contributed by atoms with Crippen molar-refractivity contribution in [1.29, 1.82) is 0 Å². The largest absolute Gasteiger partial charge is 0.513 e. The van der Waals surface area contributed by atoms with Crippen molar-refractivity contribution in [2.24, 2.45) is 0 Å². The van der Waals surface area contributed by atoms with Crippen LogP contribution in [-0.2, 0) is 4.74 Å². The lowest BCUT2D eigenvalue weighted by Crippen LogP contribution is -2.14. The van der Waals surface area contributed by atoms with Crippen LogP contribution in [0.15, 0.2) is 72.8 Å². The summed E-state index contributed by atoms with van der Waals surface area (Å²) in [6, 6.07) is 19.4. The Morgan fingerprint density at radius 3 is 2.03 bits per heavy atom. The zero-order valence-electron chi connectivity index (χ0n) is 16.6. The molecule has 7 nitrogen and oxygen atoms in total. The number of rotatable bonds is 6. The monoisotopic (exact) mass is 438 g/mol. The fraction of sp³-hybridized carbons (Fsp3) is 0.0870. The summed E-state index contributed by atoms with van der Waals surface area (Å²) in [7, 11) is 0. The molecule has 0 radical (unpaired) electrons. The van der Waals surface area contributed by atoms with E-state index < -0.39 is 6.16 Å². The van der Waals surface area contributed by atoms with Gasteiger partial charge in [-0.2, -0.15) is 0 Å². The lowest BCUT2D eigenvalue weighted by atomic mass is 10.2. The van der Waals surface area contributed by atoms with E-state index in [9.17, 15) is 14.4 Å². The summed E-state index contributed by atoms with van der Waals surface area (Å²) < 4.78 is 9.66. The van der Waals surface area contributed by atoms with Crippen LogP contribution in [0.5, 0.6) is 5.75 Å².